The van der Waals surface area contributed by atoms with Crippen molar-refractivity contribution in [1.29, 1.82) is 5.26 Å². The van der Waals surface area contributed by atoms with Crippen molar-refractivity contribution in [3.8, 4) is 28.8 Å². The Balaban J connectivity index is 1.29. The molecule has 0 spiro atoms. The largest absolute Gasteiger partial charge is 0.457 e. The number of nitrogens with zero attached hydrogens (tertiary/aromatic N) is 6. The van der Waals surface area contributed by atoms with E-state index in [1.54, 1.807) is 33.8 Å². The van der Waals surface area contributed by atoms with Crippen LogP contribution < -0.4 is 15.8 Å². The molecule has 2 aliphatic heterocycles. The summed E-state index contributed by atoms with van der Waals surface area (Å²) in [7, 11) is 0. The number of nitriles is 1. The number of rotatable bonds is 6. The van der Waals surface area contributed by atoms with Crippen LogP contribution in [0.2, 0.25) is 0 Å². The third kappa shape index (κ3) is 5.53. The van der Waals surface area contributed by atoms with E-state index in [0.29, 0.717) is 41.3 Å². The standard InChI is InChI=1S/C31H31FN8O2/c32-26-16-24(42-23-6-2-1-3-7-23)8-9-25(26)28-27-29(34)36-19-37-30(27)40(38-28)22-5-4-14-39(18-22)31(41)21(17-33)15-20-10-12-35-13-11-20/h1-3,6-9,15-16,19-20,22,35H,4-5,10-14,18H2,(H2,34,36,37). The molecule has 0 radical (unpaired) electrons. The van der Waals surface area contributed by atoms with Gasteiger partial charge in [0.05, 0.1) is 11.4 Å². The minimum absolute atomic E-state index is 0.181. The lowest BCUT2D eigenvalue weighted by Crippen LogP contribution is -2.41. The number of anilines is 1. The first-order valence-corrected chi connectivity index (χ1v) is 14.1. The molecule has 2 aromatic carbocycles. The minimum Gasteiger partial charge on any atom is -0.457 e. The zero-order chi connectivity index (χ0) is 29.1. The van der Waals surface area contributed by atoms with Crippen molar-refractivity contribution in [1.82, 2.24) is 30.0 Å². The Morgan fingerprint density at radius 1 is 1.12 bits per heavy atom. The number of likely N-dealkylation sites (tertiary alicyclic amines) is 1. The molecule has 11 heteroatoms. The fraction of sp³-hybridized carbons (Fsp3) is 0.323. The van der Waals surface area contributed by atoms with Gasteiger partial charge >= 0.3 is 0 Å². The molecule has 1 atom stereocenters. The van der Waals surface area contributed by atoms with Gasteiger partial charge < -0.3 is 20.7 Å². The van der Waals surface area contributed by atoms with Gasteiger partial charge in [0.15, 0.2) is 5.65 Å². The van der Waals surface area contributed by atoms with E-state index in [0.717, 1.165) is 38.8 Å². The lowest BCUT2D eigenvalue weighted by atomic mass is 9.95. The maximum atomic E-state index is 15.5. The van der Waals surface area contributed by atoms with Gasteiger partial charge in [-0.15, -0.1) is 0 Å². The average molecular weight is 567 g/mol. The van der Waals surface area contributed by atoms with Crippen LogP contribution in [0, 0.1) is 23.1 Å². The molecule has 2 fully saturated rings. The van der Waals surface area contributed by atoms with Crippen molar-refractivity contribution >= 4 is 22.8 Å². The van der Waals surface area contributed by atoms with E-state index >= 15 is 4.39 Å². The minimum atomic E-state index is -0.527. The van der Waals surface area contributed by atoms with Gasteiger partial charge in [-0.05, 0) is 69.0 Å². The molecule has 2 aliphatic rings. The molecule has 4 aromatic rings. The molecule has 1 unspecified atom stereocenters. The summed E-state index contributed by atoms with van der Waals surface area (Å²) in [6, 6.07) is 15.6. The van der Waals surface area contributed by atoms with Crippen LogP contribution in [0.3, 0.4) is 0 Å². The third-order valence-corrected chi connectivity index (χ3v) is 7.86. The van der Waals surface area contributed by atoms with Crippen LogP contribution in [0.15, 0.2) is 66.5 Å². The number of halogens is 1. The molecule has 6 rings (SSSR count). The Morgan fingerprint density at radius 2 is 1.93 bits per heavy atom. The summed E-state index contributed by atoms with van der Waals surface area (Å²) in [5.74, 6) is 0.543. The number of nitrogens with one attached hydrogen (secondary N) is 1. The first-order chi connectivity index (χ1) is 20.5. The first kappa shape index (κ1) is 27.4. The predicted molar refractivity (Wildman–Crippen MR) is 156 cm³/mol. The second kappa shape index (κ2) is 12.0. The number of carbonyl (C=O) groups is 1. The van der Waals surface area contributed by atoms with E-state index in [1.807, 2.05) is 24.3 Å². The molecule has 3 N–H and O–H groups in total. The number of benzene rings is 2. The lowest BCUT2D eigenvalue weighted by Gasteiger charge is -2.33. The Hall–Kier alpha value is -4.82. The second-order valence-electron chi connectivity index (χ2n) is 10.6. The number of allylic oxidation sites excluding steroid dienone is 1. The number of hydrogen-bond donors (Lipinski definition) is 2. The maximum Gasteiger partial charge on any atom is 0.264 e. The van der Waals surface area contributed by atoms with Gasteiger partial charge in [0.25, 0.3) is 5.91 Å². The summed E-state index contributed by atoms with van der Waals surface area (Å²) in [5.41, 5.74) is 7.48. The summed E-state index contributed by atoms with van der Waals surface area (Å²) >= 11 is 0. The summed E-state index contributed by atoms with van der Waals surface area (Å²) in [6.45, 7) is 2.64. The summed E-state index contributed by atoms with van der Waals surface area (Å²) < 4.78 is 23.0. The van der Waals surface area contributed by atoms with Crippen molar-refractivity contribution in [3.05, 3.63) is 72.3 Å². The van der Waals surface area contributed by atoms with Gasteiger partial charge in [-0.1, -0.05) is 24.3 Å². The number of ether oxygens (including phenoxy) is 1. The molecule has 214 valence electrons. The van der Waals surface area contributed by atoms with Gasteiger partial charge in [-0.3, -0.25) is 4.79 Å². The number of piperidine rings is 2. The smallest absolute Gasteiger partial charge is 0.264 e. The van der Waals surface area contributed by atoms with E-state index in [2.05, 4.69) is 21.4 Å². The van der Waals surface area contributed by atoms with E-state index in [1.165, 1.54) is 12.4 Å². The maximum absolute atomic E-state index is 15.5. The topological polar surface area (TPSA) is 135 Å². The number of nitrogens with two attached hydrogens (primary N) is 1. The zero-order valence-corrected chi connectivity index (χ0v) is 23.0. The van der Waals surface area contributed by atoms with Crippen molar-refractivity contribution < 1.29 is 13.9 Å². The van der Waals surface area contributed by atoms with Crippen molar-refractivity contribution in [2.75, 3.05) is 31.9 Å². The van der Waals surface area contributed by atoms with Crippen LogP contribution in [0.4, 0.5) is 10.2 Å². The van der Waals surface area contributed by atoms with Crippen molar-refractivity contribution in [3.63, 3.8) is 0 Å². The number of para-hydroxylation sites is 1. The zero-order valence-electron chi connectivity index (χ0n) is 23.0. The highest BCUT2D eigenvalue weighted by Gasteiger charge is 2.31. The highest BCUT2D eigenvalue weighted by atomic mass is 19.1. The van der Waals surface area contributed by atoms with Crippen LogP contribution >= 0.6 is 0 Å². The molecule has 4 heterocycles. The van der Waals surface area contributed by atoms with Crippen LogP contribution in [0.1, 0.15) is 31.7 Å². The molecule has 1 amide bonds. The quantitative estimate of drug-likeness (QED) is 0.255. The fourth-order valence-electron chi connectivity index (χ4n) is 5.73. The Morgan fingerprint density at radius 3 is 2.69 bits per heavy atom. The molecule has 0 saturated carbocycles. The van der Waals surface area contributed by atoms with Gasteiger partial charge in [-0.25, -0.2) is 19.0 Å². The first-order valence-electron chi connectivity index (χ1n) is 14.1. The molecule has 10 nitrogen and oxygen atoms in total. The second-order valence-corrected chi connectivity index (χ2v) is 10.6. The lowest BCUT2D eigenvalue weighted by molar-refractivity contribution is -0.128. The number of nitrogen functional groups attached to an aromatic ring is 1. The summed E-state index contributed by atoms with van der Waals surface area (Å²) in [6.07, 6.45) is 6.44. The number of fused-ring (bicyclic) bond motifs is 1. The monoisotopic (exact) mass is 566 g/mol. The van der Waals surface area contributed by atoms with E-state index < -0.39 is 5.82 Å². The highest BCUT2D eigenvalue weighted by Crippen LogP contribution is 2.36. The van der Waals surface area contributed by atoms with Gasteiger partial charge in [-0.2, -0.15) is 10.4 Å². The van der Waals surface area contributed by atoms with E-state index in [4.69, 9.17) is 15.6 Å². The highest BCUT2D eigenvalue weighted by molar-refractivity contribution is 5.99. The van der Waals surface area contributed by atoms with Crippen LogP contribution in [0.25, 0.3) is 22.3 Å². The molecule has 42 heavy (non-hydrogen) atoms. The molecule has 0 aliphatic carbocycles. The van der Waals surface area contributed by atoms with Crippen molar-refractivity contribution in [2.24, 2.45) is 5.92 Å². The number of aromatic nitrogens is 4. The molecular weight excluding hydrogens is 535 g/mol. The van der Waals surface area contributed by atoms with Gasteiger partial charge in [0, 0.05) is 24.7 Å². The molecule has 2 aromatic heterocycles. The number of hydrogen-bond acceptors (Lipinski definition) is 8. The average Bonchev–Trinajstić information content (AvgIpc) is 3.41. The molecule has 2 saturated heterocycles. The Bertz CT molecular complexity index is 1670. The fourth-order valence-corrected chi connectivity index (χ4v) is 5.73. The summed E-state index contributed by atoms with van der Waals surface area (Å²) in [5, 5.41) is 18.3. The van der Waals surface area contributed by atoms with Gasteiger partial charge in [0.2, 0.25) is 0 Å². The van der Waals surface area contributed by atoms with E-state index in [-0.39, 0.29) is 34.8 Å². The Labute approximate surface area is 242 Å². The summed E-state index contributed by atoms with van der Waals surface area (Å²) in [4.78, 5) is 23.7. The molecular formula is C31H31FN8O2. The molecule has 0 bridgehead atoms. The van der Waals surface area contributed by atoms with E-state index in [9.17, 15) is 10.1 Å². The SMILES string of the molecule is N#CC(=CC1CCNCC1)C(=O)N1CCCC(n2nc(-c3ccc(Oc4ccccc4)cc3F)c3c(N)ncnc32)C1. The number of amides is 1. The Kier molecular flexibility index (Phi) is 7.79. The number of carbonyl (C=O) groups excluding carboxylic acids is 1. The van der Waals surface area contributed by atoms with Gasteiger partial charge in [0.1, 0.15) is 46.8 Å². The third-order valence-electron chi connectivity index (χ3n) is 7.86. The van der Waals surface area contributed by atoms with Crippen LogP contribution in [-0.4, -0.2) is 56.7 Å². The van der Waals surface area contributed by atoms with Crippen LogP contribution in [0.5, 0.6) is 11.5 Å². The normalized spacial score (nSPS) is 18.1. The van der Waals surface area contributed by atoms with Crippen LogP contribution in [-0.2, 0) is 4.79 Å². The van der Waals surface area contributed by atoms with Crippen molar-refractivity contribution in [2.45, 2.75) is 31.7 Å². The predicted octanol–water partition coefficient (Wildman–Crippen LogP) is 4.62.